The van der Waals surface area contributed by atoms with E-state index in [0.717, 1.165) is 0 Å². The van der Waals surface area contributed by atoms with Crippen molar-refractivity contribution in [2.75, 3.05) is 0 Å². The quantitative estimate of drug-likeness (QED) is 0.741. The zero-order valence-corrected chi connectivity index (χ0v) is 10.5. The number of benzene rings is 1. The average Bonchev–Trinajstić information content (AvgIpc) is 2.99. The molecule has 0 saturated carbocycles. The van der Waals surface area contributed by atoms with Crippen molar-refractivity contribution in [1.29, 1.82) is 0 Å². The van der Waals surface area contributed by atoms with Gasteiger partial charge in [-0.1, -0.05) is 18.2 Å². The molecular weight excluding hydrogens is 256 g/mol. The number of aliphatic hydroxyl groups is 1. The molecule has 3 aromatic rings. The maximum atomic E-state index is 11.6. The van der Waals surface area contributed by atoms with Crippen LogP contribution in [-0.4, -0.2) is 25.5 Å². The summed E-state index contributed by atoms with van der Waals surface area (Å²) in [7, 11) is 0. The van der Waals surface area contributed by atoms with E-state index in [0.29, 0.717) is 27.8 Å². The second kappa shape index (κ2) is 4.75. The van der Waals surface area contributed by atoms with Gasteiger partial charge < -0.3 is 10.8 Å². The molecule has 0 spiro atoms. The summed E-state index contributed by atoms with van der Waals surface area (Å²) in [6.45, 7) is -0.157. The molecule has 6 heteroatoms. The first-order valence-corrected chi connectivity index (χ1v) is 6.02. The molecule has 3 rings (SSSR count). The van der Waals surface area contributed by atoms with Gasteiger partial charge in [-0.25, -0.2) is 9.97 Å². The summed E-state index contributed by atoms with van der Waals surface area (Å²) in [5, 5.41) is 10.0. The highest BCUT2D eigenvalue weighted by atomic mass is 16.3. The third-order valence-electron chi connectivity index (χ3n) is 3.11. The minimum atomic E-state index is -0.533. The van der Waals surface area contributed by atoms with Crippen LogP contribution in [0.1, 0.15) is 15.9 Å². The highest BCUT2D eigenvalue weighted by Crippen LogP contribution is 2.23. The fraction of sp³-hybridized carbons (Fsp3) is 0.0714. The first-order chi connectivity index (χ1) is 9.70. The molecule has 0 aliphatic rings. The first-order valence-electron chi connectivity index (χ1n) is 6.02. The molecule has 3 N–H and O–H groups in total. The van der Waals surface area contributed by atoms with E-state index in [1.165, 1.54) is 0 Å². The van der Waals surface area contributed by atoms with Gasteiger partial charge in [-0.3, -0.25) is 9.36 Å². The van der Waals surface area contributed by atoms with E-state index in [4.69, 9.17) is 5.73 Å². The highest BCUT2D eigenvalue weighted by molar-refractivity contribution is 6.06. The van der Waals surface area contributed by atoms with Crippen molar-refractivity contribution in [3.05, 3.63) is 54.1 Å². The van der Waals surface area contributed by atoms with Crippen LogP contribution in [0.4, 0.5) is 0 Å². The topological polar surface area (TPSA) is 94.0 Å². The summed E-state index contributed by atoms with van der Waals surface area (Å²) < 4.78 is 1.68. The van der Waals surface area contributed by atoms with Crippen LogP contribution in [0, 0.1) is 0 Å². The van der Waals surface area contributed by atoms with Crippen LogP contribution in [0.25, 0.3) is 16.7 Å². The molecule has 0 atom stereocenters. The Bertz CT molecular complexity index is 781. The maximum absolute atomic E-state index is 11.6. The van der Waals surface area contributed by atoms with Crippen LogP contribution in [0.15, 0.2) is 43.0 Å². The van der Waals surface area contributed by atoms with Gasteiger partial charge in [0.2, 0.25) is 5.91 Å². The lowest BCUT2D eigenvalue weighted by Gasteiger charge is -2.10. The monoisotopic (exact) mass is 268 g/mol. The van der Waals surface area contributed by atoms with Crippen LogP contribution < -0.4 is 5.73 Å². The molecule has 2 aromatic heterocycles. The van der Waals surface area contributed by atoms with Crippen molar-refractivity contribution < 1.29 is 9.90 Å². The fourth-order valence-electron chi connectivity index (χ4n) is 2.15. The number of fused-ring (bicyclic) bond motifs is 1. The molecule has 1 aromatic carbocycles. The summed E-state index contributed by atoms with van der Waals surface area (Å²) in [5.41, 5.74) is 7.02. The second-order valence-corrected chi connectivity index (χ2v) is 4.33. The predicted molar refractivity (Wildman–Crippen MR) is 73.3 cm³/mol. The van der Waals surface area contributed by atoms with Gasteiger partial charge >= 0.3 is 0 Å². The summed E-state index contributed by atoms with van der Waals surface area (Å²) >= 11 is 0. The Kier molecular flexibility index (Phi) is 2.92. The minimum absolute atomic E-state index is 0.157. The second-order valence-electron chi connectivity index (χ2n) is 4.33. The molecular formula is C14H12N4O2. The minimum Gasteiger partial charge on any atom is -0.392 e. The van der Waals surface area contributed by atoms with Crippen molar-refractivity contribution in [3.63, 3.8) is 0 Å². The highest BCUT2D eigenvalue weighted by Gasteiger charge is 2.13. The summed E-state index contributed by atoms with van der Waals surface area (Å²) in [5.74, 6) is -0.00134. The number of hydrogen-bond acceptors (Lipinski definition) is 4. The summed E-state index contributed by atoms with van der Waals surface area (Å²) in [6, 6.07) is 6.91. The Morgan fingerprint density at radius 1 is 1.40 bits per heavy atom. The summed E-state index contributed by atoms with van der Waals surface area (Å²) in [6.07, 6.45) is 4.93. The standard InChI is InChI=1S/C14H12N4O2/c15-14(20)11-6-12(18-5-4-16-8-18)17-13-9(7-19)2-1-3-10(11)13/h1-6,8,19H,7H2,(H2,15,20). The van der Waals surface area contributed by atoms with E-state index in [1.54, 1.807) is 47.6 Å². The van der Waals surface area contributed by atoms with Gasteiger partial charge in [0.25, 0.3) is 0 Å². The van der Waals surface area contributed by atoms with Gasteiger partial charge in [-0.15, -0.1) is 0 Å². The first kappa shape index (κ1) is 12.3. The number of para-hydroxylation sites is 1. The number of hydrogen-bond donors (Lipinski definition) is 2. The average molecular weight is 268 g/mol. The lowest BCUT2D eigenvalue weighted by molar-refractivity contribution is 0.100. The van der Waals surface area contributed by atoms with Gasteiger partial charge in [0.1, 0.15) is 12.1 Å². The number of rotatable bonds is 3. The maximum Gasteiger partial charge on any atom is 0.249 e. The molecule has 0 radical (unpaired) electrons. The smallest absolute Gasteiger partial charge is 0.249 e. The number of carbonyl (C=O) groups is 1. The van der Waals surface area contributed by atoms with Crippen molar-refractivity contribution >= 4 is 16.8 Å². The Balaban J connectivity index is 2.37. The van der Waals surface area contributed by atoms with E-state index in [1.807, 2.05) is 0 Å². The molecule has 2 heterocycles. The Labute approximate surface area is 114 Å². The lowest BCUT2D eigenvalue weighted by atomic mass is 10.0. The van der Waals surface area contributed by atoms with Gasteiger partial charge in [0, 0.05) is 23.3 Å². The SMILES string of the molecule is NC(=O)c1cc(-n2ccnc2)nc2c(CO)cccc12. The van der Waals surface area contributed by atoms with Crippen molar-refractivity contribution in [1.82, 2.24) is 14.5 Å². The Hall–Kier alpha value is -2.73. The number of carbonyl (C=O) groups excluding carboxylic acids is 1. The van der Waals surface area contributed by atoms with E-state index in [2.05, 4.69) is 9.97 Å². The number of aromatic nitrogens is 3. The molecule has 20 heavy (non-hydrogen) atoms. The fourth-order valence-corrected chi connectivity index (χ4v) is 2.15. The molecule has 0 unspecified atom stereocenters. The van der Waals surface area contributed by atoms with Crippen LogP contribution in [0.2, 0.25) is 0 Å². The number of amides is 1. The van der Waals surface area contributed by atoms with Crippen molar-refractivity contribution in [3.8, 4) is 5.82 Å². The molecule has 0 aliphatic carbocycles. The lowest BCUT2D eigenvalue weighted by Crippen LogP contribution is -2.13. The van der Waals surface area contributed by atoms with Crippen LogP contribution >= 0.6 is 0 Å². The Morgan fingerprint density at radius 2 is 2.25 bits per heavy atom. The zero-order valence-electron chi connectivity index (χ0n) is 10.5. The van der Waals surface area contributed by atoms with Gasteiger partial charge in [-0.2, -0.15) is 0 Å². The van der Waals surface area contributed by atoms with Crippen molar-refractivity contribution in [2.45, 2.75) is 6.61 Å². The number of nitrogens with zero attached hydrogens (tertiary/aromatic N) is 3. The zero-order chi connectivity index (χ0) is 14.1. The number of primary amides is 1. The van der Waals surface area contributed by atoms with E-state index in [-0.39, 0.29) is 6.61 Å². The number of aliphatic hydroxyl groups excluding tert-OH is 1. The summed E-state index contributed by atoms with van der Waals surface area (Å²) in [4.78, 5) is 20.1. The van der Waals surface area contributed by atoms with Gasteiger partial charge in [0.05, 0.1) is 17.7 Å². The Morgan fingerprint density at radius 3 is 2.90 bits per heavy atom. The van der Waals surface area contributed by atoms with Crippen LogP contribution in [0.5, 0.6) is 0 Å². The number of nitrogens with two attached hydrogens (primary N) is 1. The van der Waals surface area contributed by atoms with Crippen LogP contribution in [-0.2, 0) is 6.61 Å². The molecule has 0 fully saturated rings. The molecule has 0 aliphatic heterocycles. The molecule has 0 saturated heterocycles. The molecule has 1 amide bonds. The normalized spacial score (nSPS) is 10.8. The third kappa shape index (κ3) is 1.92. The van der Waals surface area contributed by atoms with Gasteiger partial charge in [0.15, 0.2) is 0 Å². The predicted octanol–water partition coefficient (Wildman–Crippen LogP) is 1.01. The van der Waals surface area contributed by atoms with Crippen LogP contribution in [0.3, 0.4) is 0 Å². The van der Waals surface area contributed by atoms with E-state index >= 15 is 0 Å². The molecule has 6 nitrogen and oxygen atoms in total. The molecule has 100 valence electrons. The largest absolute Gasteiger partial charge is 0.392 e. The third-order valence-corrected chi connectivity index (χ3v) is 3.11. The van der Waals surface area contributed by atoms with Crippen molar-refractivity contribution in [2.24, 2.45) is 5.73 Å². The number of imidazole rings is 1. The number of pyridine rings is 1. The van der Waals surface area contributed by atoms with E-state index in [9.17, 15) is 9.90 Å². The molecule has 0 bridgehead atoms. The van der Waals surface area contributed by atoms with E-state index < -0.39 is 5.91 Å². The van der Waals surface area contributed by atoms with Gasteiger partial charge in [-0.05, 0) is 6.07 Å².